The minimum atomic E-state index is -0.110. The molecule has 2 nitrogen and oxygen atoms in total. The lowest BCUT2D eigenvalue weighted by atomic mass is 9.48. The third-order valence-electron chi connectivity index (χ3n) is 7.84. The normalized spacial score (nSPS) is 53.3. The molecule has 3 fully saturated rings. The van der Waals surface area contributed by atoms with Crippen molar-refractivity contribution in [2.45, 2.75) is 90.8 Å². The standard InChI is InChI=1S/C19H34O2/c1-4-5-11-18(2)15-10-12-19(3)14(7-9-17(19)21)13(15)6-8-16(18)20/h13-17,20-21H,4-12H2,1-3H3/t13-,14-,15-,16-,17-,18+,19-/m0/s1. The Hall–Kier alpha value is -0.0800. The van der Waals surface area contributed by atoms with Crippen molar-refractivity contribution in [2.24, 2.45) is 28.6 Å². The molecule has 0 radical (unpaired) electrons. The first kappa shape index (κ1) is 15.8. The van der Waals surface area contributed by atoms with E-state index in [1.54, 1.807) is 0 Å². The summed E-state index contributed by atoms with van der Waals surface area (Å²) in [5, 5.41) is 21.1. The molecule has 0 aromatic carbocycles. The van der Waals surface area contributed by atoms with Gasteiger partial charge in [0, 0.05) is 0 Å². The predicted molar refractivity (Wildman–Crippen MR) is 85.9 cm³/mol. The molecule has 7 atom stereocenters. The van der Waals surface area contributed by atoms with E-state index < -0.39 is 0 Å². The molecule has 0 saturated heterocycles. The lowest BCUT2D eigenvalue weighted by Crippen LogP contribution is -2.54. The molecule has 2 heteroatoms. The molecule has 3 aliphatic rings. The van der Waals surface area contributed by atoms with Crippen LogP contribution in [0.15, 0.2) is 0 Å². The summed E-state index contributed by atoms with van der Waals surface area (Å²) in [6.45, 7) is 6.94. The van der Waals surface area contributed by atoms with E-state index in [2.05, 4.69) is 20.8 Å². The zero-order valence-electron chi connectivity index (χ0n) is 14.1. The van der Waals surface area contributed by atoms with E-state index in [0.717, 1.165) is 25.2 Å². The predicted octanol–water partition coefficient (Wildman–Crippen LogP) is 4.14. The molecule has 0 spiro atoms. The van der Waals surface area contributed by atoms with E-state index in [4.69, 9.17) is 0 Å². The lowest BCUT2D eigenvalue weighted by molar-refractivity contribution is -0.137. The Labute approximate surface area is 130 Å². The van der Waals surface area contributed by atoms with Gasteiger partial charge in [0.05, 0.1) is 12.2 Å². The second kappa shape index (κ2) is 5.53. The van der Waals surface area contributed by atoms with Gasteiger partial charge in [-0.25, -0.2) is 0 Å². The van der Waals surface area contributed by atoms with Gasteiger partial charge in [0.25, 0.3) is 0 Å². The van der Waals surface area contributed by atoms with Gasteiger partial charge in [-0.1, -0.05) is 33.6 Å². The summed E-state index contributed by atoms with van der Waals surface area (Å²) in [6, 6.07) is 0. The van der Waals surface area contributed by atoms with Gasteiger partial charge in [0.1, 0.15) is 0 Å². The zero-order valence-corrected chi connectivity index (χ0v) is 14.1. The summed E-state index contributed by atoms with van der Waals surface area (Å²) in [5.74, 6) is 2.11. The summed E-state index contributed by atoms with van der Waals surface area (Å²) in [4.78, 5) is 0. The van der Waals surface area contributed by atoms with Crippen LogP contribution in [0, 0.1) is 28.6 Å². The topological polar surface area (TPSA) is 40.5 Å². The quantitative estimate of drug-likeness (QED) is 0.821. The molecule has 3 aliphatic carbocycles. The third kappa shape index (κ3) is 2.28. The fourth-order valence-electron chi connectivity index (χ4n) is 6.32. The molecule has 3 rings (SSSR count). The molecular formula is C19H34O2. The van der Waals surface area contributed by atoms with Crippen LogP contribution in [0.25, 0.3) is 0 Å². The number of aliphatic hydroxyl groups is 2. The second-order valence-electron chi connectivity index (χ2n) is 8.72. The van der Waals surface area contributed by atoms with Crippen molar-refractivity contribution >= 4 is 0 Å². The summed E-state index contributed by atoms with van der Waals surface area (Å²) >= 11 is 0. The fraction of sp³-hybridized carbons (Fsp3) is 1.00. The van der Waals surface area contributed by atoms with E-state index in [-0.39, 0.29) is 23.0 Å². The summed E-state index contributed by atoms with van der Waals surface area (Å²) in [5.41, 5.74) is 0.281. The first-order valence-electron chi connectivity index (χ1n) is 9.29. The number of hydrogen-bond acceptors (Lipinski definition) is 2. The molecule has 21 heavy (non-hydrogen) atoms. The molecule has 0 aliphatic heterocycles. The number of aliphatic hydroxyl groups excluding tert-OH is 2. The molecular weight excluding hydrogens is 260 g/mol. The highest BCUT2D eigenvalue weighted by molar-refractivity contribution is 5.08. The molecule has 2 N–H and O–H groups in total. The SMILES string of the molecule is CCCC[C@@]1(C)[C@@H](O)CC[C@@H]2[C@@H]1CC[C@]1(C)[C@@H](O)CC[C@@H]21. The van der Waals surface area contributed by atoms with Crippen molar-refractivity contribution in [3.05, 3.63) is 0 Å². The highest BCUT2D eigenvalue weighted by atomic mass is 16.3. The van der Waals surface area contributed by atoms with Gasteiger partial charge in [0.15, 0.2) is 0 Å². The van der Waals surface area contributed by atoms with Crippen molar-refractivity contribution in [3.63, 3.8) is 0 Å². The molecule has 0 amide bonds. The van der Waals surface area contributed by atoms with Gasteiger partial charge in [-0.2, -0.15) is 0 Å². The lowest BCUT2D eigenvalue weighted by Gasteiger charge is -2.57. The summed E-state index contributed by atoms with van der Waals surface area (Å²) < 4.78 is 0. The minimum Gasteiger partial charge on any atom is -0.393 e. The maximum absolute atomic E-state index is 10.7. The molecule has 0 heterocycles. The fourth-order valence-corrected chi connectivity index (χ4v) is 6.32. The first-order chi connectivity index (χ1) is 9.93. The number of hydrogen-bond donors (Lipinski definition) is 2. The van der Waals surface area contributed by atoms with Gasteiger partial charge in [-0.15, -0.1) is 0 Å². The Bertz CT molecular complexity index is 382. The number of fused-ring (bicyclic) bond motifs is 3. The van der Waals surface area contributed by atoms with Gasteiger partial charge in [-0.05, 0) is 73.5 Å². The van der Waals surface area contributed by atoms with Gasteiger partial charge < -0.3 is 10.2 Å². The van der Waals surface area contributed by atoms with E-state index in [1.165, 1.54) is 38.5 Å². The van der Waals surface area contributed by atoms with Gasteiger partial charge >= 0.3 is 0 Å². The number of rotatable bonds is 3. The van der Waals surface area contributed by atoms with Gasteiger partial charge in [-0.3, -0.25) is 0 Å². The molecule has 0 bridgehead atoms. The van der Waals surface area contributed by atoms with Crippen LogP contribution in [0.5, 0.6) is 0 Å². The Morgan fingerprint density at radius 3 is 2.33 bits per heavy atom. The van der Waals surface area contributed by atoms with Crippen molar-refractivity contribution in [2.75, 3.05) is 0 Å². The van der Waals surface area contributed by atoms with E-state index >= 15 is 0 Å². The van der Waals surface area contributed by atoms with Crippen LogP contribution in [-0.2, 0) is 0 Å². The molecule has 3 saturated carbocycles. The Balaban J connectivity index is 1.85. The van der Waals surface area contributed by atoms with Crippen LogP contribution in [0.4, 0.5) is 0 Å². The van der Waals surface area contributed by atoms with Crippen molar-refractivity contribution in [3.8, 4) is 0 Å². The maximum Gasteiger partial charge on any atom is 0.0596 e. The van der Waals surface area contributed by atoms with Crippen molar-refractivity contribution < 1.29 is 10.2 Å². The van der Waals surface area contributed by atoms with Crippen LogP contribution in [0.3, 0.4) is 0 Å². The van der Waals surface area contributed by atoms with E-state index in [1.807, 2.05) is 0 Å². The number of unbranched alkanes of at least 4 members (excludes halogenated alkanes) is 1. The Morgan fingerprint density at radius 2 is 1.62 bits per heavy atom. The zero-order chi connectivity index (χ0) is 15.3. The second-order valence-corrected chi connectivity index (χ2v) is 8.72. The average molecular weight is 294 g/mol. The molecule has 122 valence electrons. The van der Waals surface area contributed by atoms with Crippen LogP contribution >= 0.6 is 0 Å². The molecule has 0 aromatic heterocycles. The first-order valence-corrected chi connectivity index (χ1v) is 9.29. The van der Waals surface area contributed by atoms with Crippen LogP contribution in [0.1, 0.15) is 78.6 Å². The van der Waals surface area contributed by atoms with Crippen LogP contribution < -0.4 is 0 Å². The van der Waals surface area contributed by atoms with Crippen LogP contribution in [-0.4, -0.2) is 22.4 Å². The minimum absolute atomic E-state index is 0.0859. The largest absolute Gasteiger partial charge is 0.393 e. The molecule has 0 aromatic rings. The third-order valence-corrected chi connectivity index (χ3v) is 7.84. The monoisotopic (exact) mass is 294 g/mol. The summed E-state index contributed by atoms with van der Waals surface area (Å²) in [7, 11) is 0. The van der Waals surface area contributed by atoms with E-state index in [0.29, 0.717) is 11.8 Å². The highest BCUT2D eigenvalue weighted by Gasteiger charge is 2.58. The van der Waals surface area contributed by atoms with Crippen LogP contribution in [0.2, 0.25) is 0 Å². The van der Waals surface area contributed by atoms with Crippen molar-refractivity contribution in [1.29, 1.82) is 0 Å². The smallest absolute Gasteiger partial charge is 0.0596 e. The van der Waals surface area contributed by atoms with Gasteiger partial charge in [0.2, 0.25) is 0 Å². The highest BCUT2D eigenvalue weighted by Crippen LogP contribution is 2.63. The van der Waals surface area contributed by atoms with Crippen molar-refractivity contribution in [1.82, 2.24) is 0 Å². The Kier molecular flexibility index (Phi) is 4.16. The molecule has 0 unspecified atom stereocenters. The maximum atomic E-state index is 10.7. The average Bonchev–Trinajstić information content (AvgIpc) is 2.77. The van der Waals surface area contributed by atoms with E-state index in [9.17, 15) is 10.2 Å². The summed E-state index contributed by atoms with van der Waals surface area (Å²) in [6.07, 6.45) is 10.2. The Morgan fingerprint density at radius 1 is 0.905 bits per heavy atom.